The third-order valence-electron chi connectivity index (χ3n) is 3.03. The van der Waals surface area contributed by atoms with Crippen molar-refractivity contribution in [2.45, 2.75) is 17.6 Å². The van der Waals surface area contributed by atoms with Crippen LogP contribution in [-0.2, 0) is 5.75 Å². The lowest BCUT2D eigenvalue weighted by molar-refractivity contribution is 0.101. The van der Waals surface area contributed by atoms with Gasteiger partial charge in [0.05, 0.1) is 12.7 Å². The van der Waals surface area contributed by atoms with Gasteiger partial charge in [0.15, 0.2) is 5.78 Å². The number of ketones is 1. The van der Waals surface area contributed by atoms with E-state index < -0.39 is 0 Å². The maximum absolute atomic E-state index is 11.4. The van der Waals surface area contributed by atoms with E-state index in [1.165, 1.54) is 0 Å². The molecule has 2 aromatic carbocycles. The molecule has 0 radical (unpaired) electrons. The summed E-state index contributed by atoms with van der Waals surface area (Å²) in [5.41, 5.74) is 2.30. The number of thioether (sulfide) groups is 1. The largest absolute Gasteiger partial charge is 0.495 e. The number of hydrogen-bond acceptors (Lipinski definition) is 4. The quantitative estimate of drug-likeness (QED) is 0.617. The van der Waals surface area contributed by atoms with Crippen molar-refractivity contribution in [2.75, 3.05) is 7.11 Å². The molecule has 0 fully saturated rings. The lowest BCUT2D eigenvalue weighted by Crippen LogP contribution is -1.92. The molecule has 4 heteroatoms. The SMILES string of the molecule is COc1ccc(CSc2cccc(C(C)=O)c2)cc1C#N. The molecule has 21 heavy (non-hydrogen) atoms. The molecule has 0 aromatic heterocycles. The lowest BCUT2D eigenvalue weighted by Gasteiger charge is -2.06. The van der Waals surface area contributed by atoms with Crippen molar-refractivity contribution >= 4 is 17.5 Å². The molecule has 3 nitrogen and oxygen atoms in total. The van der Waals surface area contributed by atoms with Gasteiger partial charge < -0.3 is 4.74 Å². The number of ether oxygens (including phenoxy) is 1. The highest BCUT2D eigenvalue weighted by Gasteiger charge is 2.05. The topological polar surface area (TPSA) is 50.1 Å². The number of Topliss-reactive ketones (excluding diaryl/α,β-unsaturated/α-hetero) is 1. The number of hydrogen-bond donors (Lipinski definition) is 0. The number of methoxy groups -OCH3 is 1. The summed E-state index contributed by atoms with van der Waals surface area (Å²) in [5.74, 6) is 1.39. The summed E-state index contributed by atoms with van der Waals surface area (Å²) >= 11 is 1.64. The minimum atomic E-state index is 0.0636. The molecule has 2 aromatic rings. The Hall–Kier alpha value is -2.25. The van der Waals surface area contributed by atoms with E-state index in [1.807, 2.05) is 36.4 Å². The van der Waals surface area contributed by atoms with Crippen LogP contribution in [0.2, 0.25) is 0 Å². The first-order valence-corrected chi connectivity index (χ1v) is 7.43. The fraction of sp³-hybridized carbons (Fsp3) is 0.176. The number of nitriles is 1. The van der Waals surface area contributed by atoms with E-state index in [9.17, 15) is 4.79 Å². The second kappa shape index (κ2) is 6.96. The second-order valence-electron chi connectivity index (χ2n) is 4.52. The van der Waals surface area contributed by atoms with E-state index in [0.29, 0.717) is 16.9 Å². The van der Waals surface area contributed by atoms with Crippen molar-refractivity contribution in [3.8, 4) is 11.8 Å². The van der Waals surface area contributed by atoms with Gasteiger partial charge in [0.2, 0.25) is 0 Å². The fourth-order valence-electron chi connectivity index (χ4n) is 1.90. The van der Waals surface area contributed by atoms with Crippen LogP contribution in [0.4, 0.5) is 0 Å². The molecule has 0 spiro atoms. The first-order valence-electron chi connectivity index (χ1n) is 6.45. The summed E-state index contributed by atoms with van der Waals surface area (Å²) in [6, 6.07) is 15.3. The Morgan fingerprint density at radius 2 is 2.10 bits per heavy atom. The zero-order valence-electron chi connectivity index (χ0n) is 11.9. The molecule has 0 aliphatic carbocycles. The smallest absolute Gasteiger partial charge is 0.159 e. The van der Waals surface area contributed by atoms with E-state index >= 15 is 0 Å². The normalized spacial score (nSPS) is 9.95. The van der Waals surface area contributed by atoms with E-state index in [0.717, 1.165) is 16.2 Å². The van der Waals surface area contributed by atoms with E-state index in [4.69, 9.17) is 10.00 Å². The molecule has 0 aliphatic rings. The van der Waals surface area contributed by atoms with Crippen LogP contribution >= 0.6 is 11.8 Å². The van der Waals surface area contributed by atoms with Crippen molar-refractivity contribution in [1.82, 2.24) is 0 Å². The third-order valence-corrected chi connectivity index (χ3v) is 4.10. The lowest BCUT2D eigenvalue weighted by atomic mass is 10.1. The first-order chi connectivity index (χ1) is 10.1. The minimum Gasteiger partial charge on any atom is -0.495 e. The van der Waals surface area contributed by atoms with Gasteiger partial charge in [-0.25, -0.2) is 0 Å². The highest BCUT2D eigenvalue weighted by molar-refractivity contribution is 7.98. The second-order valence-corrected chi connectivity index (χ2v) is 5.57. The molecule has 0 bridgehead atoms. The van der Waals surface area contributed by atoms with Crippen LogP contribution in [0, 0.1) is 11.3 Å². The average Bonchev–Trinajstić information content (AvgIpc) is 2.52. The van der Waals surface area contributed by atoms with Crippen molar-refractivity contribution in [2.24, 2.45) is 0 Å². The van der Waals surface area contributed by atoms with Gasteiger partial charge in [-0.1, -0.05) is 18.2 Å². The molecule has 0 N–H and O–H groups in total. The van der Waals surface area contributed by atoms with E-state index in [1.54, 1.807) is 31.9 Å². The van der Waals surface area contributed by atoms with Gasteiger partial charge in [0.1, 0.15) is 11.8 Å². The monoisotopic (exact) mass is 297 g/mol. The predicted octanol–water partition coefficient (Wildman–Crippen LogP) is 4.06. The minimum absolute atomic E-state index is 0.0636. The van der Waals surface area contributed by atoms with Gasteiger partial charge in [-0.15, -0.1) is 11.8 Å². The molecule has 0 saturated heterocycles. The zero-order chi connectivity index (χ0) is 15.2. The van der Waals surface area contributed by atoms with Crippen LogP contribution < -0.4 is 4.74 Å². The molecule has 2 rings (SSSR count). The Labute approximate surface area is 128 Å². The molecule has 0 saturated carbocycles. The maximum Gasteiger partial charge on any atom is 0.159 e. The fourth-order valence-corrected chi connectivity index (χ4v) is 2.80. The third kappa shape index (κ3) is 3.87. The highest BCUT2D eigenvalue weighted by Crippen LogP contribution is 2.26. The van der Waals surface area contributed by atoms with Crippen molar-refractivity contribution in [3.63, 3.8) is 0 Å². The van der Waals surface area contributed by atoms with Gasteiger partial charge in [-0.05, 0) is 36.8 Å². The Morgan fingerprint density at radius 3 is 2.76 bits per heavy atom. The summed E-state index contributed by atoms with van der Waals surface area (Å²) in [6.07, 6.45) is 0. The van der Waals surface area contributed by atoms with E-state index in [2.05, 4.69) is 6.07 Å². The van der Waals surface area contributed by atoms with Crippen LogP contribution in [0.3, 0.4) is 0 Å². The standard InChI is InChI=1S/C17H15NO2S/c1-12(19)14-4-3-5-16(9-14)21-11-13-6-7-17(20-2)15(8-13)10-18/h3-9H,11H2,1-2H3. The summed E-state index contributed by atoms with van der Waals surface area (Å²) < 4.78 is 5.13. The van der Waals surface area contributed by atoms with Crippen molar-refractivity contribution in [1.29, 1.82) is 5.26 Å². The number of rotatable bonds is 5. The average molecular weight is 297 g/mol. The molecular weight excluding hydrogens is 282 g/mol. The van der Waals surface area contributed by atoms with Crippen LogP contribution in [0.1, 0.15) is 28.4 Å². The number of carbonyl (C=O) groups excluding carboxylic acids is 1. The summed E-state index contributed by atoms with van der Waals surface area (Å²) in [5, 5.41) is 9.08. The summed E-state index contributed by atoms with van der Waals surface area (Å²) in [7, 11) is 1.55. The molecule has 0 heterocycles. The highest BCUT2D eigenvalue weighted by atomic mass is 32.2. The van der Waals surface area contributed by atoms with Gasteiger partial charge in [0.25, 0.3) is 0 Å². The number of carbonyl (C=O) groups is 1. The Balaban J connectivity index is 2.11. The molecular formula is C17H15NO2S. The maximum atomic E-state index is 11.4. The van der Waals surface area contributed by atoms with Gasteiger partial charge in [-0.2, -0.15) is 5.26 Å². The number of nitrogens with zero attached hydrogens (tertiary/aromatic N) is 1. The molecule has 0 amide bonds. The van der Waals surface area contributed by atoms with E-state index in [-0.39, 0.29) is 5.78 Å². The molecule has 0 unspecified atom stereocenters. The molecule has 0 atom stereocenters. The van der Waals surface area contributed by atoms with Gasteiger partial charge >= 0.3 is 0 Å². The van der Waals surface area contributed by atoms with Crippen LogP contribution in [0.25, 0.3) is 0 Å². The van der Waals surface area contributed by atoms with Crippen LogP contribution in [0.15, 0.2) is 47.4 Å². The zero-order valence-corrected chi connectivity index (χ0v) is 12.7. The van der Waals surface area contributed by atoms with Crippen LogP contribution in [0.5, 0.6) is 5.75 Å². The van der Waals surface area contributed by atoms with Gasteiger partial charge in [0, 0.05) is 16.2 Å². The van der Waals surface area contributed by atoms with Crippen LogP contribution in [-0.4, -0.2) is 12.9 Å². The van der Waals surface area contributed by atoms with Crippen molar-refractivity contribution < 1.29 is 9.53 Å². The summed E-state index contributed by atoms with van der Waals surface area (Å²) in [4.78, 5) is 12.4. The molecule has 0 aliphatic heterocycles. The summed E-state index contributed by atoms with van der Waals surface area (Å²) in [6.45, 7) is 1.56. The van der Waals surface area contributed by atoms with Gasteiger partial charge in [-0.3, -0.25) is 4.79 Å². The Kier molecular flexibility index (Phi) is 5.02. The predicted molar refractivity (Wildman–Crippen MR) is 83.7 cm³/mol. The number of benzene rings is 2. The first kappa shape index (κ1) is 15.1. The Bertz CT molecular complexity index is 704. The Morgan fingerprint density at radius 1 is 1.29 bits per heavy atom. The van der Waals surface area contributed by atoms with Crippen molar-refractivity contribution in [3.05, 3.63) is 59.2 Å². The molecule has 106 valence electrons.